The van der Waals surface area contributed by atoms with E-state index in [1.807, 2.05) is 38.1 Å². The lowest BCUT2D eigenvalue weighted by Gasteiger charge is -2.33. The van der Waals surface area contributed by atoms with E-state index in [9.17, 15) is 18.0 Å². The van der Waals surface area contributed by atoms with Crippen molar-refractivity contribution in [2.75, 3.05) is 30.8 Å². The quantitative estimate of drug-likeness (QED) is 0.318. The van der Waals surface area contributed by atoms with E-state index in [0.29, 0.717) is 30.2 Å². The van der Waals surface area contributed by atoms with Crippen molar-refractivity contribution in [2.24, 2.45) is 0 Å². The Labute approximate surface area is 245 Å². The summed E-state index contributed by atoms with van der Waals surface area (Å²) in [5, 5.41) is 3.19. The van der Waals surface area contributed by atoms with Crippen LogP contribution in [0.5, 0.6) is 11.5 Å². The fourth-order valence-corrected chi connectivity index (χ4v) is 6.28. The molecule has 226 valence electrons. The number of hydrogen-bond acceptors (Lipinski definition) is 6. The van der Waals surface area contributed by atoms with Gasteiger partial charge in [0, 0.05) is 25.6 Å². The summed E-state index contributed by atoms with van der Waals surface area (Å²) < 4.78 is 37.7. The van der Waals surface area contributed by atoms with Crippen LogP contribution in [0.15, 0.2) is 48.5 Å². The highest BCUT2D eigenvalue weighted by molar-refractivity contribution is 7.92. The van der Waals surface area contributed by atoms with Crippen LogP contribution in [0.4, 0.5) is 5.69 Å². The molecule has 1 fully saturated rings. The van der Waals surface area contributed by atoms with Gasteiger partial charge < -0.3 is 19.7 Å². The third-order valence-electron chi connectivity index (χ3n) is 7.44. The van der Waals surface area contributed by atoms with Crippen LogP contribution in [0.1, 0.15) is 70.8 Å². The summed E-state index contributed by atoms with van der Waals surface area (Å²) >= 11 is 0. The van der Waals surface area contributed by atoms with Gasteiger partial charge in [0.05, 0.1) is 25.7 Å². The molecule has 0 aliphatic heterocycles. The monoisotopic (exact) mass is 587 g/mol. The van der Waals surface area contributed by atoms with E-state index in [1.54, 1.807) is 36.3 Å². The average Bonchev–Trinajstić information content (AvgIpc) is 2.96. The summed E-state index contributed by atoms with van der Waals surface area (Å²) in [4.78, 5) is 28.8. The van der Waals surface area contributed by atoms with Crippen LogP contribution >= 0.6 is 0 Å². The lowest BCUT2D eigenvalue weighted by atomic mass is 9.95. The summed E-state index contributed by atoms with van der Waals surface area (Å²) in [7, 11) is -2.03. The Bertz CT molecular complexity index is 1230. The Kier molecular flexibility index (Phi) is 12.3. The van der Waals surface area contributed by atoms with Crippen LogP contribution in [0.3, 0.4) is 0 Å². The van der Waals surface area contributed by atoms with Crippen LogP contribution in [0.2, 0.25) is 0 Å². The maximum Gasteiger partial charge on any atom is 0.243 e. The van der Waals surface area contributed by atoms with Gasteiger partial charge >= 0.3 is 0 Å². The molecule has 1 N–H and O–H groups in total. The number of nitrogens with one attached hydrogen (secondary N) is 1. The first kappa shape index (κ1) is 32.2. The molecule has 1 aliphatic rings. The Morgan fingerprint density at radius 1 is 1.02 bits per heavy atom. The van der Waals surface area contributed by atoms with Gasteiger partial charge in [-0.25, -0.2) is 8.42 Å². The van der Waals surface area contributed by atoms with E-state index in [1.165, 1.54) is 10.7 Å². The molecular weight excluding hydrogens is 542 g/mol. The Balaban J connectivity index is 1.78. The number of anilines is 1. The van der Waals surface area contributed by atoms with Crippen molar-refractivity contribution in [1.29, 1.82) is 0 Å². The molecule has 1 aliphatic carbocycles. The van der Waals surface area contributed by atoms with Gasteiger partial charge in [0.25, 0.3) is 0 Å². The summed E-state index contributed by atoms with van der Waals surface area (Å²) in [6.45, 7) is 4.52. The second-order valence-corrected chi connectivity index (χ2v) is 12.4. The van der Waals surface area contributed by atoms with Crippen LogP contribution in [-0.2, 0) is 26.2 Å². The van der Waals surface area contributed by atoms with Gasteiger partial charge in [0.2, 0.25) is 21.8 Å². The smallest absolute Gasteiger partial charge is 0.243 e. The number of carbonyl (C=O) groups is 2. The first-order chi connectivity index (χ1) is 19.7. The molecule has 0 bridgehead atoms. The van der Waals surface area contributed by atoms with Crippen molar-refractivity contribution in [3.8, 4) is 11.5 Å². The number of para-hydroxylation sites is 2. The summed E-state index contributed by atoms with van der Waals surface area (Å²) in [5.74, 6) is 0.850. The van der Waals surface area contributed by atoms with E-state index < -0.39 is 16.1 Å². The predicted octanol–water partition coefficient (Wildman–Crippen LogP) is 4.90. The van der Waals surface area contributed by atoms with Crippen molar-refractivity contribution >= 4 is 27.5 Å². The molecule has 0 spiro atoms. The van der Waals surface area contributed by atoms with Gasteiger partial charge in [0.1, 0.15) is 17.5 Å². The van der Waals surface area contributed by atoms with Crippen molar-refractivity contribution in [2.45, 2.75) is 83.8 Å². The molecule has 1 atom stereocenters. The number of ether oxygens (including phenoxy) is 2. The molecule has 2 amide bonds. The van der Waals surface area contributed by atoms with Crippen LogP contribution in [0, 0.1) is 0 Å². The number of carbonyl (C=O) groups excluding carboxylic acids is 2. The topological polar surface area (TPSA) is 105 Å². The van der Waals surface area contributed by atoms with Crippen molar-refractivity contribution in [1.82, 2.24) is 10.2 Å². The largest absolute Gasteiger partial charge is 0.497 e. The minimum atomic E-state index is -3.63. The average molecular weight is 588 g/mol. The predicted molar refractivity (Wildman–Crippen MR) is 162 cm³/mol. The fraction of sp³-hybridized carbons (Fsp3) is 0.548. The molecule has 0 saturated heterocycles. The van der Waals surface area contributed by atoms with Gasteiger partial charge in [-0.3, -0.25) is 13.9 Å². The highest BCUT2D eigenvalue weighted by atomic mass is 32.2. The number of nitrogens with zero attached hydrogens (tertiary/aromatic N) is 2. The van der Waals surface area contributed by atoms with E-state index in [4.69, 9.17) is 9.47 Å². The third kappa shape index (κ3) is 9.38. The van der Waals surface area contributed by atoms with E-state index in [0.717, 1.165) is 37.5 Å². The van der Waals surface area contributed by atoms with Gasteiger partial charge in [-0.1, -0.05) is 50.5 Å². The van der Waals surface area contributed by atoms with Gasteiger partial charge in [-0.15, -0.1) is 0 Å². The molecule has 3 rings (SSSR count). The zero-order valence-corrected chi connectivity index (χ0v) is 25.6. The van der Waals surface area contributed by atoms with E-state index in [2.05, 4.69) is 5.32 Å². The van der Waals surface area contributed by atoms with Crippen LogP contribution in [-0.4, -0.2) is 63.7 Å². The second-order valence-electron chi connectivity index (χ2n) is 10.5. The number of benzene rings is 2. The summed E-state index contributed by atoms with van der Waals surface area (Å²) in [5.41, 5.74) is 1.32. The lowest BCUT2D eigenvalue weighted by Crippen LogP contribution is -2.51. The van der Waals surface area contributed by atoms with Gasteiger partial charge in [-0.2, -0.15) is 0 Å². The maximum atomic E-state index is 13.7. The van der Waals surface area contributed by atoms with Crippen LogP contribution in [0.25, 0.3) is 0 Å². The fourth-order valence-electron chi connectivity index (χ4n) is 5.31. The molecule has 2 aromatic carbocycles. The molecule has 1 saturated carbocycles. The van der Waals surface area contributed by atoms with Gasteiger partial charge in [0.15, 0.2) is 0 Å². The Hall–Kier alpha value is -3.27. The number of methoxy groups -OCH3 is 1. The van der Waals surface area contributed by atoms with Crippen molar-refractivity contribution < 1.29 is 27.5 Å². The third-order valence-corrected chi connectivity index (χ3v) is 8.62. The van der Waals surface area contributed by atoms with Crippen molar-refractivity contribution in [3.05, 3.63) is 54.1 Å². The molecule has 9 nitrogen and oxygen atoms in total. The molecule has 1 unspecified atom stereocenters. The highest BCUT2D eigenvalue weighted by Gasteiger charge is 2.30. The molecule has 2 aromatic rings. The standard InChI is InChI=1S/C31H45N3O6S/c1-5-27(31(36)32-25-13-8-7-9-14-25)33(23-24-18-20-26(39-3)21-19-24)30(35)17-12-22-34(41(4,37)38)28-15-10-11-16-29(28)40-6-2/h10-11,15-16,18-21,25,27H,5-9,12-14,17,22-23H2,1-4H3,(H,32,36). The van der Waals surface area contributed by atoms with E-state index >= 15 is 0 Å². The van der Waals surface area contributed by atoms with Gasteiger partial charge in [-0.05, 0) is 62.4 Å². The van der Waals surface area contributed by atoms with Crippen LogP contribution < -0.4 is 19.1 Å². The molecule has 10 heteroatoms. The first-order valence-corrected chi connectivity index (χ1v) is 16.4. The molecule has 0 aromatic heterocycles. The minimum absolute atomic E-state index is 0.0895. The number of rotatable bonds is 15. The SMILES string of the molecule is CCOc1ccccc1N(CCCC(=O)N(Cc1ccc(OC)cc1)C(CC)C(=O)NC1CCCCC1)S(C)(=O)=O. The van der Waals surface area contributed by atoms with Crippen molar-refractivity contribution in [3.63, 3.8) is 0 Å². The maximum absolute atomic E-state index is 13.7. The molecule has 41 heavy (non-hydrogen) atoms. The summed E-state index contributed by atoms with van der Waals surface area (Å²) in [6, 6.07) is 13.9. The first-order valence-electron chi connectivity index (χ1n) is 14.6. The zero-order chi connectivity index (χ0) is 29.8. The normalized spacial score (nSPS) is 14.6. The number of sulfonamides is 1. The molecule has 0 radical (unpaired) electrons. The number of amides is 2. The Morgan fingerprint density at radius 2 is 1.71 bits per heavy atom. The minimum Gasteiger partial charge on any atom is -0.497 e. The highest BCUT2D eigenvalue weighted by Crippen LogP contribution is 2.30. The summed E-state index contributed by atoms with van der Waals surface area (Å²) in [6.07, 6.45) is 7.29. The zero-order valence-electron chi connectivity index (χ0n) is 24.8. The lowest BCUT2D eigenvalue weighted by molar-refractivity contribution is -0.141. The number of hydrogen-bond donors (Lipinski definition) is 1. The Morgan fingerprint density at radius 3 is 2.32 bits per heavy atom. The molecule has 0 heterocycles. The molecular formula is C31H45N3O6S. The van der Waals surface area contributed by atoms with E-state index in [-0.39, 0.29) is 43.8 Å². The second kappa shape index (κ2) is 15.7.